The van der Waals surface area contributed by atoms with Crippen molar-refractivity contribution in [2.75, 3.05) is 0 Å². The van der Waals surface area contributed by atoms with Gasteiger partial charge in [0.15, 0.2) is 0 Å². The van der Waals surface area contributed by atoms with Crippen LogP contribution in [-0.4, -0.2) is 22.0 Å². The average Bonchev–Trinajstić information content (AvgIpc) is 2.67. The molecule has 1 heterocycles. The van der Waals surface area contributed by atoms with E-state index in [9.17, 15) is 18.8 Å². The fourth-order valence-corrected chi connectivity index (χ4v) is 2.42. The van der Waals surface area contributed by atoms with Crippen molar-refractivity contribution < 1.29 is 14.0 Å². The Labute approximate surface area is 147 Å². The number of fused-ring (bicyclic) bond motifs is 1. The molecule has 2 amide bonds. The Hall–Kier alpha value is -3.55. The second kappa shape index (κ2) is 7.56. The van der Waals surface area contributed by atoms with Gasteiger partial charge in [-0.05, 0) is 23.8 Å². The van der Waals surface area contributed by atoms with Crippen LogP contribution in [0, 0.1) is 5.82 Å². The highest BCUT2D eigenvalue weighted by molar-refractivity contribution is 6.35. The lowest BCUT2D eigenvalue weighted by Gasteiger charge is -2.08. The highest BCUT2D eigenvalue weighted by Gasteiger charge is 2.14. The molecule has 3 aromatic rings. The van der Waals surface area contributed by atoms with E-state index >= 15 is 0 Å². The number of aromatic nitrogens is 2. The Bertz CT molecular complexity index is 1010. The molecule has 8 heteroatoms. The van der Waals surface area contributed by atoms with E-state index in [1.165, 1.54) is 24.3 Å². The number of rotatable bonds is 4. The van der Waals surface area contributed by atoms with E-state index in [-0.39, 0.29) is 24.5 Å². The molecule has 26 heavy (non-hydrogen) atoms. The minimum Gasteiger partial charge on any atom is -0.344 e. The maximum atomic E-state index is 12.8. The molecule has 1 aromatic heterocycles. The van der Waals surface area contributed by atoms with Crippen molar-refractivity contribution >= 4 is 22.6 Å². The van der Waals surface area contributed by atoms with Gasteiger partial charge in [0.2, 0.25) is 0 Å². The molecule has 0 aliphatic rings. The maximum absolute atomic E-state index is 12.8. The first-order valence-corrected chi connectivity index (χ1v) is 7.81. The highest BCUT2D eigenvalue weighted by Crippen LogP contribution is 2.11. The van der Waals surface area contributed by atoms with Crippen molar-refractivity contribution in [2.24, 2.45) is 0 Å². The van der Waals surface area contributed by atoms with Crippen molar-refractivity contribution in [3.63, 3.8) is 0 Å². The van der Waals surface area contributed by atoms with Crippen molar-refractivity contribution in [1.29, 1.82) is 0 Å². The van der Waals surface area contributed by atoms with Gasteiger partial charge in [0, 0.05) is 11.9 Å². The average molecular weight is 354 g/mol. The van der Waals surface area contributed by atoms with Crippen molar-refractivity contribution in [2.45, 2.75) is 13.1 Å². The standard InChI is InChI=1S/C18H15FN4O3/c19-12-7-5-11(6-8-12)9-20-17(25)18(26)21-10-15-13-3-1-2-4-14(13)16(24)23-22-15/h1-8H,9-10H2,(H,20,25)(H,21,26)(H,23,24). The van der Waals surface area contributed by atoms with Crippen LogP contribution in [0.4, 0.5) is 4.39 Å². The number of hydrogen-bond donors (Lipinski definition) is 3. The molecule has 0 saturated heterocycles. The molecule has 0 aliphatic heterocycles. The number of nitrogens with zero attached hydrogens (tertiary/aromatic N) is 1. The van der Waals surface area contributed by atoms with Crippen molar-refractivity contribution in [3.05, 3.63) is 76.0 Å². The SMILES string of the molecule is O=C(NCc1ccc(F)cc1)C(=O)NCc1n[nH]c(=O)c2ccccc12. The fourth-order valence-electron chi connectivity index (χ4n) is 2.42. The van der Waals surface area contributed by atoms with Gasteiger partial charge < -0.3 is 10.6 Å². The molecule has 0 radical (unpaired) electrons. The first kappa shape index (κ1) is 17.3. The summed E-state index contributed by atoms with van der Waals surface area (Å²) < 4.78 is 12.8. The number of carbonyl (C=O) groups is 2. The Morgan fingerprint density at radius 3 is 2.23 bits per heavy atom. The summed E-state index contributed by atoms with van der Waals surface area (Å²) in [6.45, 7) is 0.0897. The van der Waals surface area contributed by atoms with Gasteiger partial charge in [-0.3, -0.25) is 14.4 Å². The molecule has 0 saturated carbocycles. The van der Waals surface area contributed by atoms with Crippen LogP contribution in [-0.2, 0) is 22.7 Å². The number of halogens is 1. The molecule has 0 atom stereocenters. The van der Waals surface area contributed by atoms with Gasteiger partial charge in [0.1, 0.15) is 5.82 Å². The van der Waals surface area contributed by atoms with Crippen LogP contribution >= 0.6 is 0 Å². The van der Waals surface area contributed by atoms with Gasteiger partial charge in [0.05, 0.1) is 17.6 Å². The number of H-pyrrole nitrogens is 1. The van der Waals surface area contributed by atoms with E-state index in [4.69, 9.17) is 0 Å². The summed E-state index contributed by atoms with van der Waals surface area (Å²) in [4.78, 5) is 35.5. The second-order valence-corrected chi connectivity index (χ2v) is 5.54. The Balaban J connectivity index is 1.60. The van der Waals surface area contributed by atoms with Crippen LogP contribution in [0.15, 0.2) is 53.3 Å². The fraction of sp³-hybridized carbons (Fsp3) is 0.111. The summed E-state index contributed by atoms with van der Waals surface area (Å²) >= 11 is 0. The number of carbonyl (C=O) groups excluding carboxylic acids is 2. The smallest absolute Gasteiger partial charge is 0.309 e. The molecule has 0 aliphatic carbocycles. The third-order valence-electron chi connectivity index (χ3n) is 3.76. The molecule has 0 fully saturated rings. The predicted molar refractivity (Wildman–Crippen MR) is 92.5 cm³/mol. The summed E-state index contributed by atoms with van der Waals surface area (Å²) in [5, 5.41) is 12.2. The van der Waals surface area contributed by atoms with E-state index < -0.39 is 11.8 Å². The molecule has 0 bridgehead atoms. The van der Waals surface area contributed by atoms with Crippen LogP contribution in [0.2, 0.25) is 0 Å². The van der Waals surface area contributed by atoms with Gasteiger partial charge in [-0.2, -0.15) is 5.10 Å². The van der Waals surface area contributed by atoms with E-state index in [0.29, 0.717) is 22.0 Å². The minimum absolute atomic E-state index is 0.0138. The molecule has 0 unspecified atom stereocenters. The number of nitrogens with one attached hydrogen (secondary N) is 3. The molecule has 2 aromatic carbocycles. The Morgan fingerprint density at radius 2 is 1.54 bits per heavy atom. The van der Waals surface area contributed by atoms with E-state index in [1.54, 1.807) is 24.3 Å². The van der Waals surface area contributed by atoms with Crippen molar-refractivity contribution in [3.8, 4) is 0 Å². The van der Waals surface area contributed by atoms with Gasteiger partial charge >= 0.3 is 11.8 Å². The van der Waals surface area contributed by atoms with E-state index in [2.05, 4.69) is 20.8 Å². The number of aromatic amines is 1. The van der Waals surface area contributed by atoms with E-state index in [0.717, 1.165) is 0 Å². The Morgan fingerprint density at radius 1 is 0.923 bits per heavy atom. The highest BCUT2D eigenvalue weighted by atomic mass is 19.1. The third-order valence-corrected chi connectivity index (χ3v) is 3.76. The largest absolute Gasteiger partial charge is 0.344 e. The molecule has 0 spiro atoms. The second-order valence-electron chi connectivity index (χ2n) is 5.54. The molecule has 132 valence electrons. The number of hydrogen-bond acceptors (Lipinski definition) is 4. The zero-order valence-corrected chi connectivity index (χ0v) is 13.6. The quantitative estimate of drug-likeness (QED) is 0.608. The maximum Gasteiger partial charge on any atom is 0.309 e. The van der Waals surface area contributed by atoms with Crippen LogP contribution < -0.4 is 16.2 Å². The normalized spacial score (nSPS) is 10.5. The van der Waals surface area contributed by atoms with Crippen LogP contribution in [0.5, 0.6) is 0 Å². The molecular formula is C18H15FN4O3. The molecular weight excluding hydrogens is 339 g/mol. The summed E-state index contributed by atoms with van der Waals surface area (Å²) in [6.07, 6.45) is 0. The third kappa shape index (κ3) is 3.92. The zero-order chi connectivity index (χ0) is 18.5. The topological polar surface area (TPSA) is 104 Å². The molecule has 7 nitrogen and oxygen atoms in total. The van der Waals surface area contributed by atoms with Gasteiger partial charge in [-0.25, -0.2) is 9.49 Å². The molecule has 3 rings (SSSR count). The minimum atomic E-state index is -0.829. The van der Waals surface area contributed by atoms with Crippen molar-refractivity contribution in [1.82, 2.24) is 20.8 Å². The lowest BCUT2D eigenvalue weighted by Crippen LogP contribution is -2.39. The first-order valence-electron chi connectivity index (χ1n) is 7.81. The van der Waals surface area contributed by atoms with E-state index in [1.807, 2.05) is 0 Å². The number of benzene rings is 2. The van der Waals surface area contributed by atoms with Crippen LogP contribution in [0.1, 0.15) is 11.3 Å². The predicted octanol–water partition coefficient (Wildman–Crippen LogP) is 0.995. The number of amides is 2. The molecule has 3 N–H and O–H groups in total. The van der Waals surface area contributed by atoms with Crippen LogP contribution in [0.3, 0.4) is 0 Å². The summed E-state index contributed by atoms with van der Waals surface area (Å²) in [5.41, 5.74) is 0.786. The summed E-state index contributed by atoms with van der Waals surface area (Å²) in [6, 6.07) is 12.4. The zero-order valence-electron chi connectivity index (χ0n) is 13.6. The van der Waals surface area contributed by atoms with Gasteiger partial charge in [0.25, 0.3) is 5.56 Å². The summed E-state index contributed by atoms with van der Waals surface area (Å²) in [7, 11) is 0. The summed E-state index contributed by atoms with van der Waals surface area (Å²) in [5.74, 6) is -2.02. The monoisotopic (exact) mass is 354 g/mol. The Kier molecular flexibility index (Phi) is 5.02. The first-order chi connectivity index (χ1) is 12.5. The lowest BCUT2D eigenvalue weighted by atomic mass is 10.1. The van der Waals surface area contributed by atoms with Gasteiger partial charge in [-0.1, -0.05) is 30.3 Å². The van der Waals surface area contributed by atoms with Gasteiger partial charge in [-0.15, -0.1) is 0 Å². The van der Waals surface area contributed by atoms with Crippen LogP contribution in [0.25, 0.3) is 10.8 Å². The lowest BCUT2D eigenvalue weighted by molar-refractivity contribution is -0.139.